The van der Waals surface area contributed by atoms with E-state index in [9.17, 15) is 23.1 Å². The van der Waals surface area contributed by atoms with Crippen LogP contribution in [0.25, 0.3) is 0 Å². The monoisotopic (exact) mass is 549 g/mol. The third-order valence-electron chi connectivity index (χ3n) is 5.52. The standard InChI is InChI=1S/C28H26F3N7O2/c1-38(2)16-19-14-21(12-13-22(19)39)33-24-15-23(28(29,30)31)35-27(36-24)37-26(32)34-20-10-8-18(9-11-20)25(40)17-6-4-3-5-7-17/h3-15,39H,16H2,1-2H3,(H4,32,33,34,35,36,37). The lowest BCUT2D eigenvalue weighted by Gasteiger charge is -2.14. The molecule has 0 bridgehead atoms. The Morgan fingerprint density at radius 3 is 2.25 bits per heavy atom. The molecule has 206 valence electrons. The number of phenolic OH excluding ortho intramolecular Hbond substituents is 1. The molecule has 40 heavy (non-hydrogen) atoms. The van der Waals surface area contributed by atoms with Gasteiger partial charge in [-0.1, -0.05) is 30.3 Å². The molecule has 0 aliphatic heterocycles. The maximum absolute atomic E-state index is 13.6. The predicted octanol–water partition coefficient (Wildman–Crippen LogP) is 5.30. The van der Waals surface area contributed by atoms with Crippen molar-refractivity contribution in [1.82, 2.24) is 14.9 Å². The lowest BCUT2D eigenvalue weighted by Crippen LogP contribution is -2.22. The Balaban J connectivity index is 1.55. The number of benzene rings is 3. The quantitative estimate of drug-likeness (QED) is 0.101. The fraction of sp³-hybridized carbons (Fsp3) is 0.143. The zero-order chi connectivity index (χ0) is 28.9. The van der Waals surface area contributed by atoms with Crippen LogP contribution >= 0.6 is 0 Å². The molecule has 0 unspecified atom stereocenters. The first kappa shape index (κ1) is 28.0. The summed E-state index contributed by atoms with van der Waals surface area (Å²) in [7, 11) is 3.64. The zero-order valence-electron chi connectivity index (χ0n) is 21.6. The second-order valence-corrected chi connectivity index (χ2v) is 9.04. The van der Waals surface area contributed by atoms with E-state index in [1.807, 2.05) is 25.1 Å². The highest BCUT2D eigenvalue weighted by Crippen LogP contribution is 2.32. The predicted molar refractivity (Wildman–Crippen MR) is 147 cm³/mol. The number of aliphatic imine (C=N–C) groups is 1. The molecule has 9 nitrogen and oxygen atoms in total. The van der Waals surface area contributed by atoms with Gasteiger partial charge in [0, 0.05) is 40.7 Å². The van der Waals surface area contributed by atoms with Crippen LogP contribution in [0.3, 0.4) is 0 Å². The van der Waals surface area contributed by atoms with Crippen LogP contribution in [0.15, 0.2) is 83.9 Å². The van der Waals surface area contributed by atoms with Gasteiger partial charge >= 0.3 is 6.18 Å². The maximum atomic E-state index is 13.6. The number of anilines is 3. The molecule has 1 heterocycles. The van der Waals surface area contributed by atoms with Gasteiger partial charge in [-0.3, -0.25) is 4.79 Å². The highest BCUT2D eigenvalue weighted by molar-refractivity contribution is 6.09. The van der Waals surface area contributed by atoms with Crippen LogP contribution < -0.4 is 16.4 Å². The fourth-order valence-electron chi connectivity index (χ4n) is 3.72. The Morgan fingerprint density at radius 1 is 0.950 bits per heavy atom. The smallest absolute Gasteiger partial charge is 0.433 e. The Morgan fingerprint density at radius 2 is 1.60 bits per heavy atom. The number of carbonyl (C=O) groups is 1. The summed E-state index contributed by atoms with van der Waals surface area (Å²) in [6.45, 7) is 0.415. The van der Waals surface area contributed by atoms with E-state index in [-0.39, 0.29) is 23.3 Å². The number of hydrogen-bond donors (Lipinski definition) is 4. The molecule has 0 aliphatic carbocycles. The number of phenols is 1. The van der Waals surface area contributed by atoms with Crippen molar-refractivity contribution in [2.75, 3.05) is 24.7 Å². The minimum absolute atomic E-state index is 0.0551. The summed E-state index contributed by atoms with van der Waals surface area (Å²) >= 11 is 0. The maximum Gasteiger partial charge on any atom is 0.433 e. The van der Waals surface area contributed by atoms with Crippen molar-refractivity contribution in [1.29, 1.82) is 0 Å². The number of guanidine groups is 1. The van der Waals surface area contributed by atoms with Crippen LogP contribution in [0.1, 0.15) is 27.2 Å². The number of nitrogens with two attached hydrogens (primary N) is 1. The molecule has 0 aliphatic rings. The first-order valence-corrected chi connectivity index (χ1v) is 12.0. The summed E-state index contributed by atoms with van der Waals surface area (Å²) in [5, 5.41) is 15.6. The number of carbonyl (C=O) groups excluding carboxylic acids is 1. The van der Waals surface area contributed by atoms with Crippen LogP contribution in [-0.2, 0) is 12.7 Å². The van der Waals surface area contributed by atoms with Gasteiger partial charge in [0.1, 0.15) is 11.6 Å². The number of alkyl halides is 3. The van der Waals surface area contributed by atoms with Gasteiger partial charge in [0.25, 0.3) is 5.95 Å². The number of nitrogens with zero attached hydrogens (tertiary/aromatic N) is 4. The van der Waals surface area contributed by atoms with Gasteiger partial charge in [0.2, 0.25) is 5.96 Å². The number of halogens is 3. The molecule has 3 aromatic carbocycles. The molecule has 0 saturated carbocycles. The number of ketones is 1. The van der Waals surface area contributed by atoms with Gasteiger partial charge in [-0.05, 0) is 56.6 Å². The summed E-state index contributed by atoms with van der Waals surface area (Å²) in [5.41, 5.74) is 7.14. The van der Waals surface area contributed by atoms with Crippen molar-refractivity contribution in [2.24, 2.45) is 10.7 Å². The van der Waals surface area contributed by atoms with Crippen LogP contribution in [0.5, 0.6) is 5.75 Å². The number of aromatic hydroxyl groups is 1. The first-order chi connectivity index (χ1) is 19.0. The topological polar surface area (TPSA) is 129 Å². The molecule has 4 rings (SSSR count). The number of nitrogens with one attached hydrogen (secondary N) is 2. The van der Waals surface area contributed by atoms with Crippen LogP contribution in [0.2, 0.25) is 0 Å². The van der Waals surface area contributed by atoms with Crippen LogP contribution in [-0.4, -0.2) is 45.8 Å². The minimum atomic E-state index is -4.77. The van der Waals surface area contributed by atoms with Crippen molar-refractivity contribution in [2.45, 2.75) is 12.7 Å². The SMILES string of the molecule is CN(C)Cc1cc(Nc2cc(C(F)(F)F)nc(N=C(N)Nc3ccc(C(=O)c4ccccc4)cc3)n2)ccc1O. The van der Waals surface area contributed by atoms with Gasteiger partial charge in [-0.2, -0.15) is 23.1 Å². The lowest BCUT2D eigenvalue weighted by molar-refractivity contribution is -0.141. The highest BCUT2D eigenvalue weighted by Gasteiger charge is 2.34. The fourth-order valence-corrected chi connectivity index (χ4v) is 3.72. The summed E-state index contributed by atoms with van der Waals surface area (Å²) < 4.78 is 40.7. The van der Waals surface area contributed by atoms with Crippen molar-refractivity contribution >= 4 is 34.9 Å². The first-order valence-electron chi connectivity index (χ1n) is 12.0. The van der Waals surface area contributed by atoms with Crippen molar-refractivity contribution in [3.63, 3.8) is 0 Å². The van der Waals surface area contributed by atoms with Crippen LogP contribution in [0, 0.1) is 0 Å². The van der Waals surface area contributed by atoms with Crippen molar-refractivity contribution in [3.8, 4) is 5.75 Å². The van der Waals surface area contributed by atoms with Gasteiger partial charge in [-0.15, -0.1) is 0 Å². The number of aromatic nitrogens is 2. The number of hydrogen-bond acceptors (Lipinski definition) is 7. The largest absolute Gasteiger partial charge is 0.508 e. The van der Waals surface area contributed by atoms with Gasteiger partial charge in [-0.25, -0.2) is 4.98 Å². The van der Waals surface area contributed by atoms with E-state index in [0.717, 1.165) is 6.07 Å². The highest BCUT2D eigenvalue weighted by atomic mass is 19.4. The number of rotatable bonds is 8. The van der Waals surface area contributed by atoms with Crippen LogP contribution in [0.4, 0.5) is 36.3 Å². The van der Waals surface area contributed by atoms with E-state index in [1.165, 1.54) is 12.1 Å². The molecular weight excluding hydrogens is 523 g/mol. The Labute approximate surface area is 228 Å². The molecular formula is C28H26F3N7O2. The lowest BCUT2D eigenvalue weighted by atomic mass is 10.0. The molecule has 0 amide bonds. The molecule has 0 fully saturated rings. The van der Waals surface area contributed by atoms with Gasteiger partial charge in [0.05, 0.1) is 0 Å². The molecule has 0 radical (unpaired) electrons. The second kappa shape index (κ2) is 11.8. The Kier molecular flexibility index (Phi) is 8.29. The third kappa shape index (κ3) is 7.32. The van der Waals surface area contributed by atoms with E-state index in [0.29, 0.717) is 34.6 Å². The summed E-state index contributed by atoms with van der Waals surface area (Å²) in [5.74, 6) is -1.05. The van der Waals surface area contributed by atoms with E-state index < -0.39 is 17.8 Å². The molecule has 5 N–H and O–H groups in total. The average Bonchev–Trinajstić information content (AvgIpc) is 2.90. The van der Waals surface area contributed by atoms with Gasteiger partial charge in [0.15, 0.2) is 11.5 Å². The zero-order valence-corrected chi connectivity index (χ0v) is 21.6. The van der Waals surface area contributed by atoms with Gasteiger partial charge < -0.3 is 26.4 Å². The molecule has 0 spiro atoms. The summed E-state index contributed by atoms with van der Waals surface area (Å²) in [6, 6.07) is 20.4. The minimum Gasteiger partial charge on any atom is -0.508 e. The Hall–Kier alpha value is -4.97. The van der Waals surface area contributed by atoms with E-state index >= 15 is 0 Å². The third-order valence-corrected chi connectivity index (χ3v) is 5.52. The summed E-state index contributed by atoms with van der Waals surface area (Å²) in [6.07, 6.45) is -4.77. The normalized spacial score (nSPS) is 11.9. The molecule has 12 heteroatoms. The van der Waals surface area contributed by atoms with E-state index in [4.69, 9.17) is 5.73 Å². The molecule has 4 aromatic rings. The van der Waals surface area contributed by atoms with E-state index in [2.05, 4.69) is 25.6 Å². The molecule has 0 saturated heterocycles. The molecule has 1 aromatic heterocycles. The Bertz CT molecular complexity index is 1520. The molecule has 0 atom stereocenters. The van der Waals surface area contributed by atoms with Crippen molar-refractivity contribution < 1.29 is 23.1 Å². The average molecular weight is 550 g/mol. The van der Waals surface area contributed by atoms with Crippen molar-refractivity contribution in [3.05, 3.63) is 101 Å². The second-order valence-electron chi connectivity index (χ2n) is 9.04. The van der Waals surface area contributed by atoms with E-state index in [1.54, 1.807) is 54.6 Å². The summed E-state index contributed by atoms with van der Waals surface area (Å²) in [4.78, 5) is 25.9.